The molecular formula is C13H20Br2O6. The second kappa shape index (κ2) is 7.89. The van der Waals surface area contributed by atoms with Gasteiger partial charge in [0.1, 0.15) is 9.84 Å². The molecule has 1 fully saturated rings. The standard InChI is InChI=1S/C13H20Br2O6/c1-4-5-9-6-10(19-7(2)16)11(20-8(3)17)13(18,21-9)12(14)15/h9-12,18H,4-6H2,1-3H3. The Kier molecular flexibility index (Phi) is 7.09. The monoisotopic (exact) mass is 430 g/mol. The number of ether oxygens (including phenoxy) is 3. The summed E-state index contributed by atoms with van der Waals surface area (Å²) in [6, 6.07) is 0. The van der Waals surface area contributed by atoms with E-state index in [4.69, 9.17) is 14.2 Å². The van der Waals surface area contributed by atoms with E-state index in [0.717, 1.165) is 6.42 Å². The topological polar surface area (TPSA) is 82.1 Å². The zero-order valence-corrected chi connectivity index (χ0v) is 15.3. The van der Waals surface area contributed by atoms with Gasteiger partial charge in [-0.15, -0.1) is 0 Å². The SMILES string of the molecule is CCCC1CC(OC(C)=O)C(OC(C)=O)C(O)(C(Br)Br)O1. The minimum absolute atomic E-state index is 0.297. The Morgan fingerprint density at radius 2 is 1.90 bits per heavy atom. The van der Waals surface area contributed by atoms with E-state index in [-0.39, 0.29) is 6.10 Å². The van der Waals surface area contributed by atoms with Crippen molar-refractivity contribution in [3.8, 4) is 0 Å². The summed E-state index contributed by atoms with van der Waals surface area (Å²) in [6.07, 6.45) is -0.273. The number of hydrogen-bond acceptors (Lipinski definition) is 6. The average Bonchev–Trinajstić information content (AvgIpc) is 2.33. The highest BCUT2D eigenvalue weighted by Crippen LogP contribution is 2.40. The van der Waals surface area contributed by atoms with Gasteiger partial charge in [-0.3, -0.25) is 9.59 Å². The fourth-order valence-corrected chi connectivity index (χ4v) is 3.10. The number of alkyl halides is 2. The van der Waals surface area contributed by atoms with E-state index in [9.17, 15) is 14.7 Å². The van der Waals surface area contributed by atoms with Crippen molar-refractivity contribution >= 4 is 43.8 Å². The molecule has 21 heavy (non-hydrogen) atoms. The Labute approximate surface area is 140 Å². The highest BCUT2D eigenvalue weighted by atomic mass is 79.9. The van der Waals surface area contributed by atoms with Gasteiger partial charge in [0.25, 0.3) is 0 Å². The van der Waals surface area contributed by atoms with Gasteiger partial charge < -0.3 is 19.3 Å². The Hall–Kier alpha value is -0.180. The van der Waals surface area contributed by atoms with E-state index in [0.29, 0.717) is 12.8 Å². The molecule has 8 heteroatoms. The summed E-state index contributed by atoms with van der Waals surface area (Å²) in [5.74, 6) is -2.92. The molecule has 122 valence electrons. The summed E-state index contributed by atoms with van der Waals surface area (Å²) >= 11 is 6.41. The lowest BCUT2D eigenvalue weighted by molar-refractivity contribution is -0.316. The van der Waals surface area contributed by atoms with E-state index < -0.39 is 33.7 Å². The van der Waals surface area contributed by atoms with Crippen molar-refractivity contribution in [2.45, 2.75) is 67.9 Å². The molecule has 1 aliphatic rings. The number of rotatable bonds is 5. The molecule has 6 nitrogen and oxygen atoms in total. The van der Waals surface area contributed by atoms with E-state index >= 15 is 0 Å². The van der Waals surface area contributed by atoms with Crippen LogP contribution in [0, 0.1) is 0 Å². The van der Waals surface area contributed by atoms with Crippen LogP contribution in [0.4, 0.5) is 0 Å². The van der Waals surface area contributed by atoms with Gasteiger partial charge in [-0.1, -0.05) is 45.2 Å². The van der Waals surface area contributed by atoms with Crippen LogP contribution in [-0.4, -0.2) is 44.9 Å². The van der Waals surface area contributed by atoms with E-state index in [2.05, 4.69) is 31.9 Å². The quantitative estimate of drug-likeness (QED) is 0.531. The Morgan fingerprint density at radius 1 is 1.33 bits per heavy atom. The van der Waals surface area contributed by atoms with Crippen molar-refractivity contribution in [1.82, 2.24) is 0 Å². The molecule has 4 atom stereocenters. The maximum absolute atomic E-state index is 11.3. The molecule has 0 aromatic carbocycles. The van der Waals surface area contributed by atoms with Crippen molar-refractivity contribution in [1.29, 1.82) is 0 Å². The molecule has 1 rings (SSSR count). The largest absolute Gasteiger partial charge is 0.458 e. The van der Waals surface area contributed by atoms with E-state index in [1.165, 1.54) is 13.8 Å². The normalized spacial score (nSPS) is 32.8. The number of carbonyl (C=O) groups excluding carboxylic acids is 2. The van der Waals surface area contributed by atoms with Crippen molar-refractivity contribution in [3.05, 3.63) is 0 Å². The highest BCUT2D eigenvalue weighted by molar-refractivity contribution is 9.24. The molecule has 1 saturated heterocycles. The lowest BCUT2D eigenvalue weighted by Gasteiger charge is -2.46. The lowest BCUT2D eigenvalue weighted by atomic mass is 9.93. The van der Waals surface area contributed by atoms with Crippen LogP contribution >= 0.6 is 31.9 Å². The van der Waals surface area contributed by atoms with Crippen molar-refractivity contribution in [2.24, 2.45) is 0 Å². The molecule has 0 aromatic rings. The van der Waals surface area contributed by atoms with Gasteiger partial charge >= 0.3 is 11.9 Å². The molecule has 0 radical (unpaired) electrons. The summed E-state index contributed by atoms with van der Waals surface area (Å²) in [5, 5.41) is 10.8. The minimum Gasteiger partial charge on any atom is -0.458 e. The average molecular weight is 432 g/mol. The molecule has 4 unspecified atom stereocenters. The molecule has 0 spiro atoms. The summed E-state index contributed by atoms with van der Waals surface area (Å²) in [6.45, 7) is 4.48. The molecule has 0 bridgehead atoms. The molecule has 0 aliphatic carbocycles. The summed E-state index contributed by atoms with van der Waals surface area (Å²) in [5.41, 5.74) is 0. The van der Waals surface area contributed by atoms with E-state index in [1.54, 1.807) is 0 Å². The number of esters is 2. The third-order valence-electron chi connectivity index (χ3n) is 3.13. The van der Waals surface area contributed by atoms with Gasteiger partial charge in [0, 0.05) is 20.3 Å². The number of carbonyl (C=O) groups is 2. The minimum atomic E-state index is -1.83. The lowest BCUT2D eigenvalue weighted by Crippen LogP contribution is -2.63. The van der Waals surface area contributed by atoms with Crippen LogP contribution in [0.1, 0.15) is 40.0 Å². The van der Waals surface area contributed by atoms with Crippen LogP contribution in [0.2, 0.25) is 0 Å². The molecular weight excluding hydrogens is 412 g/mol. The van der Waals surface area contributed by atoms with Crippen LogP contribution in [0.25, 0.3) is 0 Å². The molecule has 1 N–H and O–H groups in total. The first-order chi connectivity index (χ1) is 9.70. The molecule has 0 saturated carbocycles. The van der Waals surface area contributed by atoms with Crippen LogP contribution in [0.5, 0.6) is 0 Å². The summed E-state index contributed by atoms with van der Waals surface area (Å²) in [4.78, 5) is 22.6. The first-order valence-corrected chi connectivity index (χ1v) is 8.56. The van der Waals surface area contributed by atoms with Crippen molar-refractivity contribution in [2.75, 3.05) is 0 Å². The first-order valence-electron chi connectivity index (χ1n) is 6.73. The van der Waals surface area contributed by atoms with Crippen LogP contribution in [-0.2, 0) is 23.8 Å². The molecule has 0 aromatic heterocycles. The smallest absolute Gasteiger partial charge is 0.303 e. The van der Waals surface area contributed by atoms with Gasteiger partial charge in [0.05, 0.1) is 6.10 Å². The van der Waals surface area contributed by atoms with Gasteiger partial charge in [-0.25, -0.2) is 0 Å². The van der Waals surface area contributed by atoms with Crippen molar-refractivity contribution < 1.29 is 28.9 Å². The molecule has 1 aliphatic heterocycles. The zero-order chi connectivity index (χ0) is 16.2. The number of aliphatic hydroxyl groups is 1. The number of halogens is 2. The predicted molar refractivity (Wildman–Crippen MR) is 82.1 cm³/mol. The summed E-state index contributed by atoms with van der Waals surface area (Å²) < 4.78 is 15.4. The van der Waals surface area contributed by atoms with Crippen LogP contribution in [0.3, 0.4) is 0 Å². The van der Waals surface area contributed by atoms with Crippen LogP contribution in [0.15, 0.2) is 0 Å². The maximum atomic E-state index is 11.3. The van der Waals surface area contributed by atoms with E-state index in [1.807, 2.05) is 6.92 Å². The number of hydrogen-bond donors (Lipinski definition) is 1. The van der Waals surface area contributed by atoms with Gasteiger partial charge in [-0.2, -0.15) is 0 Å². The second-order valence-corrected chi connectivity index (χ2v) is 8.05. The fraction of sp³-hybridized carbons (Fsp3) is 0.846. The third kappa shape index (κ3) is 4.91. The molecule has 1 heterocycles. The molecule has 0 amide bonds. The maximum Gasteiger partial charge on any atom is 0.303 e. The zero-order valence-electron chi connectivity index (χ0n) is 12.2. The van der Waals surface area contributed by atoms with Gasteiger partial charge in [0.2, 0.25) is 5.79 Å². The highest BCUT2D eigenvalue weighted by Gasteiger charge is 2.56. The second-order valence-electron chi connectivity index (χ2n) is 4.99. The van der Waals surface area contributed by atoms with Gasteiger partial charge in [0.15, 0.2) is 6.10 Å². The Balaban J connectivity index is 3.08. The fourth-order valence-electron chi connectivity index (χ4n) is 2.37. The van der Waals surface area contributed by atoms with Crippen LogP contribution < -0.4 is 0 Å². The van der Waals surface area contributed by atoms with Crippen molar-refractivity contribution in [3.63, 3.8) is 0 Å². The Morgan fingerprint density at radius 3 is 2.33 bits per heavy atom. The predicted octanol–water partition coefficient (Wildman–Crippen LogP) is 2.24. The Bertz CT molecular complexity index is 389. The summed E-state index contributed by atoms with van der Waals surface area (Å²) in [7, 11) is 0. The van der Waals surface area contributed by atoms with Gasteiger partial charge in [-0.05, 0) is 6.42 Å². The first kappa shape index (κ1) is 18.9. The third-order valence-corrected chi connectivity index (χ3v) is 4.44.